The molecule has 1 amide bonds. The van der Waals surface area contributed by atoms with Gasteiger partial charge in [-0.05, 0) is 19.1 Å². The highest BCUT2D eigenvalue weighted by Gasteiger charge is 2.25. The van der Waals surface area contributed by atoms with E-state index >= 15 is 0 Å². The first-order valence-corrected chi connectivity index (χ1v) is 9.18. The number of ether oxygens (including phenoxy) is 3. The summed E-state index contributed by atoms with van der Waals surface area (Å²) >= 11 is 12.6. The predicted molar refractivity (Wildman–Crippen MR) is 111 cm³/mol. The summed E-state index contributed by atoms with van der Waals surface area (Å²) in [7, 11) is 4.48. The molecule has 152 valence electrons. The zero-order valence-corrected chi connectivity index (χ0v) is 17.6. The number of benzene rings is 2. The fraction of sp³-hybridized carbons (Fsp3) is 0.200. The predicted octanol–water partition coefficient (Wildman–Crippen LogP) is 5.23. The highest BCUT2D eigenvalue weighted by atomic mass is 35.5. The van der Waals surface area contributed by atoms with Gasteiger partial charge in [0.15, 0.2) is 11.5 Å². The summed E-state index contributed by atoms with van der Waals surface area (Å²) in [5, 5.41) is 7.49. The molecule has 0 fully saturated rings. The number of aromatic nitrogens is 1. The van der Waals surface area contributed by atoms with Crippen LogP contribution in [0.5, 0.6) is 17.2 Å². The molecular formula is C20H18Cl2N2O5. The minimum atomic E-state index is -0.455. The maximum atomic E-state index is 13.1. The van der Waals surface area contributed by atoms with Crippen molar-refractivity contribution in [2.45, 2.75) is 6.92 Å². The van der Waals surface area contributed by atoms with Crippen LogP contribution in [0.3, 0.4) is 0 Å². The molecular weight excluding hydrogens is 419 g/mol. The summed E-state index contributed by atoms with van der Waals surface area (Å²) in [5.41, 5.74) is 1.32. The molecule has 9 heteroatoms. The molecule has 29 heavy (non-hydrogen) atoms. The number of hydrogen-bond acceptors (Lipinski definition) is 6. The van der Waals surface area contributed by atoms with Crippen LogP contribution < -0.4 is 19.5 Å². The number of rotatable bonds is 6. The maximum absolute atomic E-state index is 13.1. The molecule has 7 nitrogen and oxygen atoms in total. The molecule has 0 atom stereocenters. The summed E-state index contributed by atoms with van der Waals surface area (Å²) in [6, 6.07) is 8.26. The Labute approximate surface area is 177 Å². The SMILES string of the molecule is COc1cc(NC(=O)c2c(-c3c(Cl)cccc3Cl)noc2C)cc(OC)c1OC. The Bertz CT molecular complexity index is 1020. The lowest BCUT2D eigenvalue weighted by Gasteiger charge is -2.14. The Balaban J connectivity index is 2.03. The van der Waals surface area contributed by atoms with Gasteiger partial charge >= 0.3 is 0 Å². The second-order valence-electron chi connectivity index (χ2n) is 5.93. The number of hydrogen-bond donors (Lipinski definition) is 1. The van der Waals surface area contributed by atoms with Gasteiger partial charge in [0.2, 0.25) is 5.75 Å². The molecule has 1 N–H and O–H groups in total. The molecule has 3 rings (SSSR count). The van der Waals surface area contributed by atoms with Crippen molar-refractivity contribution in [1.29, 1.82) is 0 Å². The largest absolute Gasteiger partial charge is 0.493 e. The van der Waals surface area contributed by atoms with E-state index in [4.69, 9.17) is 41.9 Å². The van der Waals surface area contributed by atoms with Crippen LogP contribution in [0.2, 0.25) is 10.0 Å². The third kappa shape index (κ3) is 3.97. The van der Waals surface area contributed by atoms with Gasteiger partial charge in [-0.15, -0.1) is 0 Å². The van der Waals surface area contributed by atoms with Gasteiger partial charge in [-0.2, -0.15) is 0 Å². The van der Waals surface area contributed by atoms with E-state index in [0.717, 1.165) is 0 Å². The normalized spacial score (nSPS) is 10.6. The molecule has 1 aromatic heterocycles. The standard InChI is InChI=1S/C20H18Cl2N2O5/c1-10-16(18(24-29-10)17-12(21)6-5-7-13(17)22)20(25)23-11-8-14(26-2)19(28-4)15(9-11)27-3/h5-9H,1-4H3,(H,23,25). The summed E-state index contributed by atoms with van der Waals surface area (Å²) in [6.07, 6.45) is 0. The van der Waals surface area contributed by atoms with Gasteiger partial charge in [-0.1, -0.05) is 34.4 Å². The number of nitrogens with one attached hydrogen (secondary N) is 1. The lowest BCUT2D eigenvalue weighted by atomic mass is 10.1. The lowest BCUT2D eigenvalue weighted by Crippen LogP contribution is -2.14. The first kappa shape index (κ1) is 20.8. The minimum absolute atomic E-state index is 0.216. The topological polar surface area (TPSA) is 82.8 Å². The number of amides is 1. The summed E-state index contributed by atoms with van der Waals surface area (Å²) in [4.78, 5) is 13.1. The molecule has 0 bridgehead atoms. The molecule has 0 aliphatic heterocycles. The average molecular weight is 437 g/mol. The second kappa shape index (κ2) is 8.63. The van der Waals surface area contributed by atoms with E-state index in [9.17, 15) is 4.79 Å². The van der Waals surface area contributed by atoms with Gasteiger partial charge in [0, 0.05) is 23.4 Å². The number of nitrogens with zero attached hydrogens (tertiary/aromatic N) is 1. The van der Waals surface area contributed by atoms with Crippen molar-refractivity contribution in [3.05, 3.63) is 51.7 Å². The van der Waals surface area contributed by atoms with Crippen LogP contribution in [-0.4, -0.2) is 32.4 Å². The third-order valence-electron chi connectivity index (χ3n) is 4.21. The Morgan fingerprint density at radius 1 is 1.03 bits per heavy atom. The van der Waals surface area contributed by atoms with Crippen molar-refractivity contribution in [2.75, 3.05) is 26.6 Å². The third-order valence-corrected chi connectivity index (χ3v) is 4.84. The van der Waals surface area contributed by atoms with E-state index in [0.29, 0.717) is 44.3 Å². The summed E-state index contributed by atoms with van der Waals surface area (Å²) in [6.45, 7) is 1.63. The van der Waals surface area contributed by atoms with Crippen LogP contribution in [0.15, 0.2) is 34.9 Å². The molecule has 1 heterocycles. The quantitative estimate of drug-likeness (QED) is 0.568. The summed E-state index contributed by atoms with van der Waals surface area (Å²) < 4.78 is 21.2. The van der Waals surface area contributed by atoms with E-state index in [1.165, 1.54) is 21.3 Å². The summed E-state index contributed by atoms with van der Waals surface area (Å²) in [5.74, 6) is 1.08. The number of aryl methyl sites for hydroxylation is 1. The van der Waals surface area contributed by atoms with E-state index in [2.05, 4.69) is 10.5 Å². The fourth-order valence-electron chi connectivity index (χ4n) is 2.88. The van der Waals surface area contributed by atoms with Gasteiger partial charge in [-0.25, -0.2) is 0 Å². The van der Waals surface area contributed by atoms with Crippen LogP contribution >= 0.6 is 23.2 Å². The molecule has 3 aromatic rings. The van der Waals surface area contributed by atoms with Crippen molar-refractivity contribution >= 4 is 34.8 Å². The zero-order valence-electron chi connectivity index (χ0n) is 16.1. The van der Waals surface area contributed by atoms with E-state index in [1.54, 1.807) is 37.3 Å². The van der Waals surface area contributed by atoms with E-state index in [-0.39, 0.29) is 11.3 Å². The molecule has 0 saturated carbocycles. The molecule has 0 saturated heterocycles. The van der Waals surface area contributed by atoms with Gasteiger partial charge in [0.05, 0.1) is 31.4 Å². The minimum Gasteiger partial charge on any atom is -0.493 e. The second-order valence-corrected chi connectivity index (χ2v) is 6.74. The smallest absolute Gasteiger partial charge is 0.261 e. The number of anilines is 1. The van der Waals surface area contributed by atoms with E-state index < -0.39 is 5.91 Å². The van der Waals surface area contributed by atoms with Crippen molar-refractivity contribution in [1.82, 2.24) is 5.16 Å². The Morgan fingerprint density at radius 3 is 2.14 bits per heavy atom. The van der Waals surface area contributed by atoms with Gasteiger partial charge in [-0.3, -0.25) is 4.79 Å². The number of carbonyl (C=O) groups excluding carboxylic acids is 1. The molecule has 0 aliphatic carbocycles. The molecule has 0 unspecified atom stereocenters. The molecule has 0 spiro atoms. The monoisotopic (exact) mass is 436 g/mol. The molecule has 2 aromatic carbocycles. The first-order valence-electron chi connectivity index (χ1n) is 8.43. The van der Waals surface area contributed by atoms with Crippen LogP contribution in [0.4, 0.5) is 5.69 Å². The van der Waals surface area contributed by atoms with Crippen LogP contribution in [0, 0.1) is 6.92 Å². The van der Waals surface area contributed by atoms with Crippen LogP contribution in [0.1, 0.15) is 16.1 Å². The van der Waals surface area contributed by atoms with Crippen LogP contribution in [0.25, 0.3) is 11.3 Å². The van der Waals surface area contributed by atoms with Crippen molar-refractivity contribution in [2.24, 2.45) is 0 Å². The van der Waals surface area contributed by atoms with Gasteiger partial charge < -0.3 is 24.1 Å². The number of carbonyl (C=O) groups is 1. The highest BCUT2D eigenvalue weighted by Crippen LogP contribution is 2.41. The van der Waals surface area contributed by atoms with Gasteiger partial charge in [0.25, 0.3) is 5.91 Å². The molecule has 0 aliphatic rings. The highest BCUT2D eigenvalue weighted by molar-refractivity contribution is 6.39. The number of methoxy groups -OCH3 is 3. The maximum Gasteiger partial charge on any atom is 0.261 e. The van der Waals surface area contributed by atoms with Gasteiger partial charge in [0.1, 0.15) is 17.0 Å². The molecule has 0 radical (unpaired) electrons. The average Bonchev–Trinajstić information content (AvgIpc) is 3.08. The van der Waals surface area contributed by atoms with Crippen molar-refractivity contribution in [3.8, 4) is 28.5 Å². The zero-order chi connectivity index (χ0) is 21.1. The van der Waals surface area contributed by atoms with Crippen LogP contribution in [-0.2, 0) is 0 Å². The Morgan fingerprint density at radius 2 is 1.62 bits per heavy atom. The van der Waals surface area contributed by atoms with E-state index in [1.807, 2.05) is 0 Å². The Hall–Kier alpha value is -2.90. The van der Waals surface area contributed by atoms with Crippen molar-refractivity contribution < 1.29 is 23.5 Å². The number of halogens is 2. The van der Waals surface area contributed by atoms with Crippen molar-refractivity contribution in [3.63, 3.8) is 0 Å². The fourth-order valence-corrected chi connectivity index (χ4v) is 3.46. The lowest BCUT2D eigenvalue weighted by molar-refractivity contribution is 0.102. The first-order chi connectivity index (χ1) is 13.9. The Kier molecular flexibility index (Phi) is 6.20.